The first-order chi connectivity index (χ1) is 8.72. The van der Waals surface area contributed by atoms with Crippen molar-refractivity contribution < 1.29 is 4.74 Å². The van der Waals surface area contributed by atoms with Crippen molar-refractivity contribution in [2.75, 3.05) is 18.5 Å². The van der Waals surface area contributed by atoms with Gasteiger partial charge >= 0.3 is 0 Å². The van der Waals surface area contributed by atoms with E-state index in [2.05, 4.69) is 33.3 Å². The Morgan fingerprint density at radius 2 is 2.50 bits per heavy atom. The number of aromatic nitrogens is 2. The Labute approximate surface area is 115 Å². The van der Waals surface area contributed by atoms with Crippen LogP contribution in [0.1, 0.15) is 26.2 Å². The van der Waals surface area contributed by atoms with Crippen LogP contribution < -0.4 is 10.9 Å². The molecule has 0 amide bonds. The Morgan fingerprint density at radius 1 is 1.67 bits per heavy atom. The second-order valence-electron chi connectivity index (χ2n) is 4.46. The summed E-state index contributed by atoms with van der Waals surface area (Å²) in [5.74, 6) is 0. The van der Waals surface area contributed by atoms with E-state index in [4.69, 9.17) is 4.74 Å². The van der Waals surface area contributed by atoms with E-state index in [0.717, 1.165) is 31.6 Å². The van der Waals surface area contributed by atoms with Crippen LogP contribution in [0.2, 0.25) is 0 Å². The van der Waals surface area contributed by atoms with Gasteiger partial charge in [0.2, 0.25) is 0 Å². The van der Waals surface area contributed by atoms with E-state index in [1.165, 1.54) is 4.68 Å². The molecule has 100 valence electrons. The number of rotatable bonds is 5. The quantitative estimate of drug-likeness (QED) is 0.903. The van der Waals surface area contributed by atoms with Crippen LogP contribution in [0.4, 0.5) is 5.69 Å². The smallest absolute Gasteiger partial charge is 0.283 e. The predicted molar refractivity (Wildman–Crippen MR) is 74.0 cm³/mol. The van der Waals surface area contributed by atoms with Crippen LogP contribution in [-0.4, -0.2) is 29.0 Å². The van der Waals surface area contributed by atoms with Gasteiger partial charge in [-0.25, -0.2) is 4.68 Å². The molecule has 2 rings (SSSR count). The van der Waals surface area contributed by atoms with Gasteiger partial charge in [0.1, 0.15) is 4.47 Å². The second kappa shape index (κ2) is 6.33. The van der Waals surface area contributed by atoms with Crippen molar-refractivity contribution in [3.63, 3.8) is 0 Å². The number of unbranched alkanes of at least 4 members (excludes halogenated alkanes) is 1. The van der Waals surface area contributed by atoms with Gasteiger partial charge in [-0.15, -0.1) is 0 Å². The molecule has 0 spiro atoms. The van der Waals surface area contributed by atoms with Crippen molar-refractivity contribution in [3.05, 3.63) is 21.0 Å². The molecule has 1 N–H and O–H groups in total. The van der Waals surface area contributed by atoms with Crippen molar-refractivity contribution >= 4 is 21.6 Å². The van der Waals surface area contributed by atoms with E-state index in [9.17, 15) is 4.79 Å². The highest BCUT2D eigenvalue weighted by Gasteiger charge is 2.17. The number of aryl methyl sites for hydroxylation is 1. The van der Waals surface area contributed by atoms with Gasteiger partial charge in [0.25, 0.3) is 5.56 Å². The van der Waals surface area contributed by atoms with Crippen molar-refractivity contribution in [2.24, 2.45) is 0 Å². The topological polar surface area (TPSA) is 56.1 Å². The molecule has 1 aromatic heterocycles. The lowest BCUT2D eigenvalue weighted by molar-refractivity contribution is 0.195. The highest BCUT2D eigenvalue weighted by molar-refractivity contribution is 9.10. The lowest BCUT2D eigenvalue weighted by Crippen LogP contribution is -2.27. The van der Waals surface area contributed by atoms with Crippen molar-refractivity contribution in [1.29, 1.82) is 0 Å². The summed E-state index contributed by atoms with van der Waals surface area (Å²) >= 11 is 3.35. The number of nitrogens with one attached hydrogen (secondary N) is 1. The first kappa shape index (κ1) is 13.5. The molecule has 0 radical (unpaired) electrons. The van der Waals surface area contributed by atoms with Crippen molar-refractivity contribution in [2.45, 2.75) is 38.8 Å². The third-order valence-corrected chi connectivity index (χ3v) is 3.76. The van der Waals surface area contributed by atoms with Crippen LogP contribution in [0.25, 0.3) is 0 Å². The minimum Gasteiger partial charge on any atom is -0.379 e. The Hall–Kier alpha value is -0.880. The Morgan fingerprint density at radius 3 is 3.17 bits per heavy atom. The molecule has 18 heavy (non-hydrogen) atoms. The average Bonchev–Trinajstić information content (AvgIpc) is 2.87. The van der Waals surface area contributed by atoms with Crippen LogP contribution in [0.3, 0.4) is 0 Å². The highest BCUT2D eigenvalue weighted by Crippen LogP contribution is 2.19. The second-order valence-corrected chi connectivity index (χ2v) is 5.25. The standard InChI is InChI=1S/C12H18BrN3O2/c1-2-3-5-16-12(17)11(13)10(7-14-16)15-9-4-6-18-8-9/h7,9,15H,2-6,8H2,1H3. The van der Waals surface area contributed by atoms with Gasteiger partial charge in [0.15, 0.2) is 0 Å². The molecular formula is C12H18BrN3O2. The van der Waals surface area contributed by atoms with Gasteiger partial charge in [-0.2, -0.15) is 5.10 Å². The van der Waals surface area contributed by atoms with Gasteiger partial charge in [0, 0.05) is 13.2 Å². The Kier molecular flexibility index (Phi) is 4.77. The van der Waals surface area contributed by atoms with Crippen molar-refractivity contribution in [1.82, 2.24) is 9.78 Å². The number of ether oxygens (including phenoxy) is 1. The number of nitrogens with zero attached hydrogens (tertiary/aromatic N) is 2. The van der Waals surface area contributed by atoms with E-state index in [-0.39, 0.29) is 11.6 Å². The monoisotopic (exact) mass is 315 g/mol. The fourth-order valence-corrected chi connectivity index (χ4v) is 2.32. The van der Waals surface area contributed by atoms with Gasteiger partial charge in [-0.05, 0) is 28.8 Å². The predicted octanol–water partition coefficient (Wildman–Crippen LogP) is 2.01. The third-order valence-electron chi connectivity index (χ3n) is 3.00. The number of anilines is 1. The summed E-state index contributed by atoms with van der Waals surface area (Å²) in [5, 5.41) is 7.48. The van der Waals surface area contributed by atoms with Crippen LogP contribution in [0, 0.1) is 0 Å². The van der Waals surface area contributed by atoms with Gasteiger partial charge < -0.3 is 10.1 Å². The maximum absolute atomic E-state index is 12.1. The molecule has 6 heteroatoms. The fourth-order valence-electron chi connectivity index (χ4n) is 1.90. The zero-order chi connectivity index (χ0) is 13.0. The summed E-state index contributed by atoms with van der Waals surface area (Å²) in [4.78, 5) is 12.1. The lowest BCUT2D eigenvalue weighted by atomic mass is 10.2. The Bertz CT molecular complexity index is 455. The average molecular weight is 316 g/mol. The number of hydrogen-bond donors (Lipinski definition) is 1. The zero-order valence-corrected chi connectivity index (χ0v) is 12.1. The number of halogens is 1. The van der Waals surface area contributed by atoms with E-state index < -0.39 is 0 Å². The van der Waals surface area contributed by atoms with E-state index >= 15 is 0 Å². The fraction of sp³-hybridized carbons (Fsp3) is 0.667. The number of hydrogen-bond acceptors (Lipinski definition) is 4. The Balaban J connectivity index is 2.12. The van der Waals surface area contributed by atoms with Crippen LogP contribution in [0.15, 0.2) is 15.5 Å². The normalized spacial score (nSPS) is 19.1. The van der Waals surface area contributed by atoms with Crippen LogP contribution >= 0.6 is 15.9 Å². The zero-order valence-electron chi connectivity index (χ0n) is 10.5. The third kappa shape index (κ3) is 3.11. The molecule has 0 aromatic carbocycles. The molecule has 5 nitrogen and oxygen atoms in total. The van der Waals surface area contributed by atoms with Crippen LogP contribution in [0.5, 0.6) is 0 Å². The summed E-state index contributed by atoms with van der Waals surface area (Å²) in [5.41, 5.74) is 0.676. The van der Waals surface area contributed by atoms with Gasteiger partial charge in [-0.3, -0.25) is 4.79 Å². The molecule has 1 aromatic rings. The molecule has 0 saturated carbocycles. The van der Waals surface area contributed by atoms with Crippen molar-refractivity contribution in [3.8, 4) is 0 Å². The molecule has 1 atom stereocenters. The molecule has 1 fully saturated rings. The maximum Gasteiger partial charge on any atom is 0.283 e. The highest BCUT2D eigenvalue weighted by atomic mass is 79.9. The summed E-state index contributed by atoms with van der Waals surface area (Å²) in [6.07, 6.45) is 4.68. The summed E-state index contributed by atoms with van der Waals surface area (Å²) in [7, 11) is 0. The summed E-state index contributed by atoms with van der Waals surface area (Å²) in [6.45, 7) is 4.22. The van der Waals surface area contributed by atoms with E-state index in [0.29, 0.717) is 17.6 Å². The molecule has 1 saturated heterocycles. The largest absolute Gasteiger partial charge is 0.379 e. The molecular weight excluding hydrogens is 298 g/mol. The summed E-state index contributed by atoms with van der Waals surface area (Å²) < 4.78 is 7.35. The SMILES string of the molecule is CCCCn1ncc(NC2CCOC2)c(Br)c1=O. The van der Waals surface area contributed by atoms with Crippen LogP contribution in [-0.2, 0) is 11.3 Å². The molecule has 0 bridgehead atoms. The lowest BCUT2D eigenvalue weighted by Gasteiger charge is -2.14. The molecule has 0 aliphatic carbocycles. The molecule has 2 heterocycles. The summed E-state index contributed by atoms with van der Waals surface area (Å²) in [6, 6.07) is 0.272. The first-order valence-corrected chi connectivity index (χ1v) is 7.11. The molecule has 1 aliphatic heterocycles. The van der Waals surface area contributed by atoms with Gasteiger partial charge in [-0.1, -0.05) is 13.3 Å². The molecule has 1 aliphatic rings. The van der Waals surface area contributed by atoms with Gasteiger partial charge in [0.05, 0.1) is 24.5 Å². The van der Waals surface area contributed by atoms with E-state index in [1.807, 2.05) is 0 Å². The first-order valence-electron chi connectivity index (χ1n) is 6.32. The maximum atomic E-state index is 12.1. The van der Waals surface area contributed by atoms with E-state index in [1.54, 1.807) is 6.20 Å². The minimum atomic E-state index is -0.0765. The minimum absolute atomic E-state index is 0.0765. The molecule has 1 unspecified atom stereocenters.